The van der Waals surface area contributed by atoms with Crippen LogP contribution in [0.25, 0.3) is 5.76 Å². The number of aliphatic hydroxyl groups is 1. The summed E-state index contributed by atoms with van der Waals surface area (Å²) in [7, 11) is 6.86. The summed E-state index contributed by atoms with van der Waals surface area (Å²) in [5.41, 5.74) is 0.831. The van der Waals surface area contributed by atoms with Gasteiger partial charge in [0.2, 0.25) is 0 Å². The molecule has 3 rings (SSSR count). The Kier molecular flexibility index (Phi) is 7.43. The van der Waals surface area contributed by atoms with E-state index in [0.717, 1.165) is 6.54 Å². The number of methoxy groups -OCH3 is 2. The summed E-state index contributed by atoms with van der Waals surface area (Å²) < 4.78 is 10.9. The predicted molar refractivity (Wildman–Crippen MR) is 123 cm³/mol. The van der Waals surface area contributed by atoms with Gasteiger partial charge >= 0.3 is 0 Å². The third-order valence-electron chi connectivity index (χ3n) is 5.39. The second-order valence-electron chi connectivity index (χ2n) is 7.74. The van der Waals surface area contributed by atoms with Gasteiger partial charge in [0.1, 0.15) is 17.3 Å². The van der Waals surface area contributed by atoms with Crippen LogP contribution in [0.15, 0.2) is 48.0 Å². The number of halogens is 1. The van der Waals surface area contributed by atoms with Gasteiger partial charge < -0.3 is 24.4 Å². The number of ether oxygens (including phenoxy) is 2. The fraction of sp³-hybridized carbons (Fsp3) is 0.333. The molecule has 1 aliphatic heterocycles. The van der Waals surface area contributed by atoms with E-state index in [1.54, 1.807) is 36.4 Å². The Hall–Kier alpha value is -3.03. The summed E-state index contributed by atoms with van der Waals surface area (Å²) in [6, 6.07) is 11.1. The first kappa shape index (κ1) is 23.6. The van der Waals surface area contributed by atoms with Crippen LogP contribution in [0, 0.1) is 0 Å². The maximum absolute atomic E-state index is 13.2. The average molecular weight is 459 g/mol. The van der Waals surface area contributed by atoms with E-state index in [1.807, 2.05) is 19.0 Å². The van der Waals surface area contributed by atoms with Crippen LogP contribution >= 0.6 is 11.6 Å². The van der Waals surface area contributed by atoms with Crippen LogP contribution in [0.1, 0.15) is 23.6 Å². The zero-order valence-electron chi connectivity index (χ0n) is 18.6. The van der Waals surface area contributed by atoms with Gasteiger partial charge in [0.25, 0.3) is 11.7 Å². The molecule has 0 radical (unpaired) electrons. The highest BCUT2D eigenvalue weighted by molar-refractivity contribution is 6.46. The summed E-state index contributed by atoms with van der Waals surface area (Å²) in [6.07, 6.45) is 0.659. The number of rotatable bonds is 8. The zero-order valence-corrected chi connectivity index (χ0v) is 19.3. The molecule has 7 nitrogen and oxygen atoms in total. The van der Waals surface area contributed by atoms with Gasteiger partial charge in [-0.15, -0.1) is 0 Å². The average Bonchev–Trinajstić information content (AvgIpc) is 3.03. The molecule has 1 fully saturated rings. The minimum atomic E-state index is -0.808. The van der Waals surface area contributed by atoms with E-state index in [9.17, 15) is 14.7 Å². The number of carbonyl (C=O) groups is 2. The maximum Gasteiger partial charge on any atom is 0.295 e. The molecule has 2 aromatic rings. The normalized spacial score (nSPS) is 17.8. The van der Waals surface area contributed by atoms with E-state index < -0.39 is 17.7 Å². The molecule has 170 valence electrons. The number of benzene rings is 2. The van der Waals surface area contributed by atoms with Crippen molar-refractivity contribution in [2.24, 2.45) is 0 Å². The molecule has 1 aliphatic rings. The summed E-state index contributed by atoms with van der Waals surface area (Å²) in [5, 5.41) is 11.6. The number of amides is 1. The molecule has 1 amide bonds. The Labute approximate surface area is 192 Å². The van der Waals surface area contributed by atoms with E-state index in [4.69, 9.17) is 21.1 Å². The number of ketones is 1. The van der Waals surface area contributed by atoms with Crippen molar-refractivity contribution in [3.8, 4) is 11.5 Å². The first-order valence-electron chi connectivity index (χ1n) is 10.2. The van der Waals surface area contributed by atoms with Gasteiger partial charge in [-0.2, -0.15) is 0 Å². The number of hydrogen-bond acceptors (Lipinski definition) is 6. The Morgan fingerprint density at radius 1 is 1.09 bits per heavy atom. The highest BCUT2D eigenvalue weighted by Crippen LogP contribution is 2.44. The highest BCUT2D eigenvalue weighted by Gasteiger charge is 2.47. The van der Waals surface area contributed by atoms with E-state index in [-0.39, 0.29) is 16.9 Å². The van der Waals surface area contributed by atoms with Gasteiger partial charge in [0.15, 0.2) is 0 Å². The zero-order chi connectivity index (χ0) is 23.4. The Balaban J connectivity index is 2.20. The quantitative estimate of drug-likeness (QED) is 0.369. The molecule has 0 bridgehead atoms. The number of carbonyl (C=O) groups excluding carboxylic acids is 2. The lowest BCUT2D eigenvalue weighted by molar-refractivity contribution is -0.140. The molecular weight excluding hydrogens is 432 g/mol. The lowest BCUT2D eigenvalue weighted by atomic mass is 9.94. The van der Waals surface area contributed by atoms with Gasteiger partial charge in [-0.25, -0.2) is 0 Å². The maximum atomic E-state index is 13.2. The van der Waals surface area contributed by atoms with Gasteiger partial charge in [0.05, 0.1) is 31.4 Å². The van der Waals surface area contributed by atoms with Crippen LogP contribution in [-0.4, -0.2) is 68.0 Å². The summed E-state index contributed by atoms with van der Waals surface area (Å²) in [6.45, 7) is 1.08. The first-order valence-corrected chi connectivity index (χ1v) is 10.6. The largest absolute Gasteiger partial charge is 0.507 e. The molecule has 32 heavy (non-hydrogen) atoms. The standard InChI is InChI=1S/C24H27ClN2O5/c1-26(2)12-7-13-27-21(16-8-5-6-9-18(16)31-3)20(23(29)24(27)30)22(28)17-14-15(25)10-11-19(17)32-4/h5-6,8-11,14,21,28H,7,12-13H2,1-4H3/b22-20+. The van der Waals surface area contributed by atoms with Crippen molar-refractivity contribution in [2.75, 3.05) is 41.4 Å². The molecule has 1 heterocycles. The molecule has 1 unspecified atom stereocenters. The fourth-order valence-electron chi connectivity index (χ4n) is 3.89. The molecule has 2 aromatic carbocycles. The van der Waals surface area contributed by atoms with Crippen LogP contribution in [0.3, 0.4) is 0 Å². The Morgan fingerprint density at radius 2 is 1.78 bits per heavy atom. The van der Waals surface area contributed by atoms with Crippen LogP contribution in [-0.2, 0) is 9.59 Å². The minimum Gasteiger partial charge on any atom is -0.507 e. The molecule has 0 spiro atoms. The van der Waals surface area contributed by atoms with Crippen molar-refractivity contribution >= 4 is 29.1 Å². The van der Waals surface area contributed by atoms with Crippen LogP contribution < -0.4 is 9.47 Å². The number of para-hydroxylation sites is 1. The van der Waals surface area contributed by atoms with Gasteiger partial charge in [-0.1, -0.05) is 29.8 Å². The summed E-state index contributed by atoms with van der Waals surface area (Å²) >= 11 is 6.14. The molecule has 0 aromatic heterocycles. The lowest BCUT2D eigenvalue weighted by Gasteiger charge is -2.27. The third-order valence-corrected chi connectivity index (χ3v) is 5.63. The van der Waals surface area contributed by atoms with Crippen molar-refractivity contribution in [1.29, 1.82) is 0 Å². The van der Waals surface area contributed by atoms with Gasteiger partial charge in [0, 0.05) is 17.1 Å². The topological polar surface area (TPSA) is 79.3 Å². The lowest BCUT2D eigenvalue weighted by Crippen LogP contribution is -2.32. The van der Waals surface area contributed by atoms with Crippen molar-refractivity contribution in [3.63, 3.8) is 0 Å². The smallest absolute Gasteiger partial charge is 0.295 e. The van der Waals surface area contributed by atoms with Crippen LogP contribution in [0.4, 0.5) is 0 Å². The number of hydrogen-bond donors (Lipinski definition) is 1. The SMILES string of the molecule is COc1ccc(Cl)cc1/C(O)=C1\C(=O)C(=O)N(CCCN(C)C)C1c1ccccc1OC. The molecule has 0 aliphatic carbocycles. The predicted octanol–water partition coefficient (Wildman–Crippen LogP) is 3.73. The Morgan fingerprint density at radius 3 is 2.44 bits per heavy atom. The van der Waals surface area contributed by atoms with Gasteiger partial charge in [-0.3, -0.25) is 9.59 Å². The van der Waals surface area contributed by atoms with E-state index in [2.05, 4.69) is 0 Å². The minimum absolute atomic E-state index is 0.0232. The van der Waals surface area contributed by atoms with Crippen LogP contribution in [0.2, 0.25) is 5.02 Å². The third kappa shape index (κ3) is 4.59. The molecule has 0 saturated carbocycles. The summed E-state index contributed by atoms with van der Waals surface area (Å²) in [4.78, 5) is 29.7. The van der Waals surface area contributed by atoms with Crippen molar-refractivity contribution in [2.45, 2.75) is 12.5 Å². The molecule has 8 heteroatoms. The van der Waals surface area contributed by atoms with Crippen LogP contribution in [0.5, 0.6) is 11.5 Å². The van der Waals surface area contributed by atoms with Crippen molar-refractivity contribution < 1.29 is 24.2 Å². The number of aliphatic hydroxyl groups excluding tert-OH is 1. The monoisotopic (exact) mass is 458 g/mol. The second kappa shape index (κ2) is 10.1. The van der Waals surface area contributed by atoms with E-state index in [1.165, 1.54) is 25.2 Å². The molecule has 1 N–H and O–H groups in total. The van der Waals surface area contributed by atoms with Gasteiger partial charge in [-0.05, 0) is 51.3 Å². The number of Topliss-reactive ketones (excluding diaryl/α,β-unsaturated/α-hetero) is 1. The molecule has 1 saturated heterocycles. The highest BCUT2D eigenvalue weighted by atomic mass is 35.5. The fourth-order valence-corrected chi connectivity index (χ4v) is 4.07. The first-order chi connectivity index (χ1) is 15.3. The van der Waals surface area contributed by atoms with Crippen molar-refractivity contribution in [3.05, 3.63) is 64.2 Å². The second-order valence-corrected chi connectivity index (χ2v) is 8.17. The number of nitrogens with zero attached hydrogens (tertiary/aromatic N) is 2. The van der Waals surface area contributed by atoms with E-state index >= 15 is 0 Å². The van der Waals surface area contributed by atoms with Crippen molar-refractivity contribution in [1.82, 2.24) is 9.80 Å². The molecular formula is C24H27ClN2O5. The Bertz CT molecular complexity index is 1050. The van der Waals surface area contributed by atoms with E-state index in [0.29, 0.717) is 35.1 Å². The molecule has 1 atom stereocenters. The number of likely N-dealkylation sites (tertiary alicyclic amines) is 1. The summed E-state index contributed by atoms with van der Waals surface area (Å²) in [5.74, 6) is -0.910.